The quantitative estimate of drug-likeness (QED) is 0.615. The summed E-state index contributed by atoms with van der Waals surface area (Å²) in [6.45, 7) is 4.25. The van der Waals surface area contributed by atoms with Crippen LogP contribution in [0.25, 0.3) is 0 Å². The molecule has 0 saturated heterocycles. The van der Waals surface area contributed by atoms with Gasteiger partial charge in [-0.15, -0.1) is 0 Å². The van der Waals surface area contributed by atoms with Crippen molar-refractivity contribution in [1.82, 2.24) is 9.97 Å². The predicted molar refractivity (Wildman–Crippen MR) is 71.1 cm³/mol. The molecule has 0 aliphatic rings. The van der Waals surface area contributed by atoms with Gasteiger partial charge in [-0.05, 0) is 37.1 Å². The molecule has 0 unspecified atom stereocenters. The first-order valence-corrected chi connectivity index (χ1v) is 6.06. The Hall–Kier alpha value is -1.35. The van der Waals surface area contributed by atoms with Crippen molar-refractivity contribution in [3.8, 4) is 0 Å². The van der Waals surface area contributed by atoms with Crippen LogP contribution in [0.4, 0.5) is 0 Å². The van der Waals surface area contributed by atoms with Crippen molar-refractivity contribution >= 4 is 17.1 Å². The number of nitrogens with one attached hydrogen (secondary N) is 2. The van der Waals surface area contributed by atoms with Crippen LogP contribution in [0.2, 0.25) is 0 Å². The number of aromatic amines is 2. The molecule has 2 rings (SSSR count). The third kappa shape index (κ3) is 2.09. The predicted octanol–water partition coefficient (Wildman–Crippen LogP) is 3.23. The topological polar surface area (TPSA) is 31.6 Å². The number of hydrogen-bond acceptors (Lipinski definition) is 1. The van der Waals surface area contributed by atoms with Gasteiger partial charge in [0.2, 0.25) is 0 Å². The zero-order valence-electron chi connectivity index (χ0n) is 9.63. The Balaban J connectivity index is 2.24. The van der Waals surface area contributed by atoms with Crippen molar-refractivity contribution in [1.29, 1.82) is 0 Å². The fraction of sp³-hybridized carbons (Fsp3) is 0.308. The second kappa shape index (κ2) is 4.66. The van der Waals surface area contributed by atoms with Crippen LogP contribution >= 0.6 is 12.2 Å². The molecular weight excluding hydrogens is 216 g/mol. The Bertz CT molecular complexity index is 449. The molecule has 0 radical (unpaired) electrons. The lowest BCUT2D eigenvalue weighted by molar-refractivity contribution is 1.05. The first-order valence-electron chi connectivity index (χ1n) is 5.65. The van der Waals surface area contributed by atoms with E-state index in [4.69, 9.17) is 12.2 Å². The minimum Gasteiger partial charge on any atom is -0.358 e. The molecule has 2 aromatic rings. The standard InChI is InChI=1S/C13H16N2S/c1-3-9-5-7-11(14-9)13(16)12-8-6-10(4-2)15-12/h5-8,14-15H,3-4H2,1-2H3. The van der Waals surface area contributed by atoms with Crippen molar-refractivity contribution < 1.29 is 0 Å². The maximum Gasteiger partial charge on any atom is 0.0846 e. The van der Waals surface area contributed by atoms with Crippen LogP contribution in [0.5, 0.6) is 0 Å². The molecule has 84 valence electrons. The normalized spacial score (nSPS) is 10.6. The summed E-state index contributed by atoms with van der Waals surface area (Å²) in [6.07, 6.45) is 2.01. The summed E-state index contributed by atoms with van der Waals surface area (Å²) in [5, 5.41) is 0. The van der Waals surface area contributed by atoms with Gasteiger partial charge in [0, 0.05) is 11.4 Å². The van der Waals surface area contributed by atoms with Gasteiger partial charge < -0.3 is 9.97 Å². The highest BCUT2D eigenvalue weighted by Crippen LogP contribution is 2.12. The summed E-state index contributed by atoms with van der Waals surface area (Å²) in [6, 6.07) is 8.28. The minimum atomic E-state index is 0.861. The van der Waals surface area contributed by atoms with Crippen LogP contribution < -0.4 is 0 Å². The maximum atomic E-state index is 5.45. The molecule has 2 N–H and O–H groups in total. The van der Waals surface area contributed by atoms with Gasteiger partial charge in [-0.1, -0.05) is 26.1 Å². The van der Waals surface area contributed by atoms with Gasteiger partial charge in [-0.25, -0.2) is 0 Å². The molecule has 0 amide bonds. The molecule has 0 saturated carbocycles. The van der Waals surface area contributed by atoms with Crippen LogP contribution in [0, 0.1) is 0 Å². The highest BCUT2D eigenvalue weighted by Gasteiger charge is 2.08. The van der Waals surface area contributed by atoms with Gasteiger partial charge in [0.1, 0.15) is 0 Å². The Morgan fingerprint density at radius 3 is 1.69 bits per heavy atom. The van der Waals surface area contributed by atoms with Gasteiger partial charge >= 0.3 is 0 Å². The fourth-order valence-electron chi connectivity index (χ4n) is 1.70. The van der Waals surface area contributed by atoms with E-state index in [1.807, 2.05) is 12.1 Å². The first kappa shape index (κ1) is 11.1. The molecular formula is C13H16N2S. The highest BCUT2D eigenvalue weighted by molar-refractivity contribution is 7.81. The number of H-pyrrole nitrogens is 2. The lowest BCUT2D eigenvalue weighted by Gasteiger charge is -1.98. The van der Waals surface area contributed by atoms with Gasteiger partial charge in [-0.3, -0.25) is 0 Å². The van der Waals surface area contributed by atoms with E-state index in [-0.39, 0.29) is 0 Å². The molecule has 0 spiro atoms. The first-order chi connectivity index (χ1) is 7.74. The van der Waals surface area contributed by atoms with Gasteiger partial charge in [0.25, 0.3) is 0 Å². The molecule has 16 heavy (non-hydrogen) atoms. The number of aryl methyl sites for hydroxylation is 2. The average molecular weight is 232 g/mol. The lowest BCUT2D eigenvalue weighted by atomic mass is 10.2. The summed E-state index contributed by atoms with van der Waals surface area (Å²) in [5.41, 5.74) is 4.49. The van der Waals surface area contributed by atoms with Crippen molar-refractivity contribution in [2.24, 2.45) is 0 Å². The highest BCUT2D eigenvalue weighted by atomic mass is 32.1. The van der Waals surface area contributed by atoms with Crippen LogP contribution in [-0.4, -0.2) is 14.8 Å². The van der Waals surface area contributed by atoms with Crippen molar-refractivity contribution in [3.05, 3.63) is 47.0 Å². The molecule has 0 atom stereocenters. The summed E-state index contributed by atoms with van der Waals surface area (Å²) < 4.78 is 0. The number of thiocarbonyl (C=S) groups is 1. The summed E-state index contributed by atoms with van der Waals surface area (Å²) in [5.74, 6) is 0. The van der Waals surface area contributed by atoms with E-state index in [2.05, 4.69) is 35.9 Å². The zero-order chi connectivity index (χ0) is 11.5. The summed E-state index contributed by atoms with van der Waals surface area (Å²) in [4.78, 5) is 7.51. The zero-order valence-corrected chi connectivity index (χ0v) is 10.4. The van der Waals surface area contributed by atoms with E-state index >= 15 is 0 Å². The van der Waals surface area contributed by atoms with E-state index < -0.39 is 0 Å². The number of hydrogen-bond donors (Lipinski definition) is 2. The average Bonchev–Trinajstić information content (AvgIpc) is 2.97. The largest absolute Gasteiger partial charge is 0.358 e. The molecule has 0 fully saturated rings. The molecule has 0 bridgehead atoms. The fourth-order valence-corrected chi connectivity index (χ4v) is 1.94. The Morgan fingerprint density at radius 1 is 0.938 bits per heavy atom. The Kier molecular flexibility index (Phi) is 3.25. The Labute approximate surface area is 101 Å². The summed E-state index contributed by atoms with van der Waals surface area (Å²) in [7, 11) is 0. The maximum absolute atomic E-state index is 5.45. The smallest absolute Gasteiger partial charge is 0.0846 e. The van der Waals surface area contributed by atoms with E-state index in [0.29, 0.717) is 0 Å². The van der Waals surface area contributed by atoms with Crippen LogP contribution in [0.3, 0.4) is 0 Å². The van der Waals surface area contributed by atoms with Gasteiger partial charge in [-0.2, -0.15) is 0 Å². The van der Waals surface area contributed by atoms with Gasteiger partial charge in [0.05, 0.1) is 16.3 Å². The molecule has 0 aliphatic carbocycles. The number of rotatable bonds is 4. The van der Waals surface area contributed by atoms with E-state index in [1.54, 1.807) is 0 Å². The van der Waals surface area contributed by atoms with E-state index in [0.717, 1.165) is 29.1 Å². The van der Waals surface area contributed by atoms with Crippen LogP contribution in [-0.2, 0) is 12.8 Å². The molecule has 0 aromatic carbocycles. The van der Waals surface area contributed by atoms with Crippen LogP contribution in [0.1, 0.15) is 36.6 Å². The van der Waals surface area contributed by atoms with Crippen molar-refractivity contribution in [2.75, 3.05) is 0 Å². The third-order valence-electron chi connectivity index (χ3n) is 2.74. The molecule has 0 aliphatic heterocycles. The monoisotopic (exact) mass is 232 g/mol. The third-order valence-corrected chi connectivity index (χ3v) is 3.18. The second-order valence-electron chi connectivity index (χ2n) is 3.83. The minimum absolute atomic E-state index is 0.861. The van der Waals surface area contributed by atoms with Crippen molar-refractivity contribution in [2.45, 2.75) is 26.7 Å². The molecule has 2 nitrogen and oxygen atoms in total. The molecule has 2 heterocycles. The number of aromatic nitrogens is 2. The van der Waals surface area contributed by atoms with Gasteiger partial charge in [0.15, 0.2) is 0 Å². The Morgan fingerprint density at radius 2 is 1.38 bits per heavy atom. The molecule has 3 heteroatoms. The SMILES string of the molecule is CCc1ccc(C(=S)c2ccc(CC)[nH]2)[nH]1. The second-order valence-corrected chi connectivity index (χ2v) is 4.24. The van der Waals surface area contributed by atoms with Crippen LogP contribution in [0.15, 0.2) is 24.3 Å². The lowest BCUT2D eigenvalue weighted by Crippen LogP contribution is -2.01. The summed E-state index contributed by atoms with van der Waals surface area (Å²) >= 11 is 5.45. The van der Waals surface area contributed by atoms with E-state index in [1.165, 1.54) is 11.4 Å². The van der Waals surface area contributed by atoms with Crippen molar-refractivity contribution in [3.63, 3.8) is 0 Å². The molecule has 2 aromatic heterocycles. The van der Waals surface area contributed by atoms with E-state index in [9.17, 15) is 0 Å².